The van der Waals surface area contributed by atoms with E-state index in [1.807, 2.05) is 0 Å². The molecule has 3 N–H and O–H groups in total. The van der Waals surface area contributed by atoms with Gasteiger partial charge < -0.3 is 25.2 Å². The number of carbonyl (C=O) groups excluding carboxylic acids is 2. The van der Waals surface area contributed by atoms with Crippen LogP contribution in [0.3, 0.4) is 0 Å². The minimum atomic E-state index is -1.44. The van der Waals surface area contributed by atoms with Gasteiger partial charge in [-0.1, -0.05) is 53.0 Å². The number of carbonyl (C=O) groups is 3. The van der Waals surface area contributed by atoms with Gasteiger partial charge in [-0.3, -0.25) is 19.3 Å². The molecule has 13 heteroatoms. The van der Waals surface area contributed by atoms with Crippen LogP contribution in [0.5, 0.6) is 17.2 Å². The summed E-state index contributed by atoms with van der Waals surface area (Å²) in [7, 11) is 0. The Balaban J connectivity index is 1.34. The normalized spacial score (nSPS) is 21.5. The van der Waals surface area contributed by atoms with Crippen molar-refractivity contribution in [1.82, 2.24) is 4.90 Å². The van der Waals surface area contributed by atoms with Crippen molar-refractivity contribution >= 4 is 70.0 Å². The maximum absolute atomic E-state index is 13.4. The quantitative estimate of drug-likeness (QED) is 0.309. The third kappa shape index (κ3) is 5.80. The SMILES string of the molecule is NCC(=O)N(c1ccccc1)C1C(=O)N2CC(COc3cc(Cl)ccc3Oc3ccc(Cl)cc3Cl)(C(=O)O)CS[C@H]12. The van der Waals surface area contributed by atoms with E-state index >= 15 is 0 Å². The fraction of sp³-hybridized carbons (Fsp3) is 0.250. The molecule has 3 aromatic carbocycles. The second-order valence-electron chi connectivity index (χ2n) is 9.56. The minimum absolute atomic E-state index is 0.103. The van der Waals surface area contributed by atoms with E-state index in [1.54, 1.807) is 54.6 Å². The average Bonchev–Trinajstić information content (AvgIpc) is 2.97. The fourth-order valence-corrected chi connectivity index (χ4v) is 6.88. The first-order valence-corrected chi connectivity index (χ1v) is 14.6. The molecule has 214 valence electrons. The maximum atomic E-state index is 13.4. The molecule has 5 rings (SSSR count). The van der Waals surface area contributed by atoms with Gasteiger partial charge >= 0.3 is 5.97 Å². The number of anilines is 1. The third-order valence-electron chi connectivity index (χ3n) is 6.85. The van der Waals surface area contributed by atoms with E-state index in [9.17, 15) is 19.5 Å². The first-order chi connectivity index (χ1) is 19.6. The Kier molecular flexibility index (Phi) is 8.58. The molecule has 0 aromatic heterocycles. The molecule has 0 saturated carbocycles. The van der Waals surface area contributed by atoms with E-state index in [-0.39, 0.29) is 47.9 Å². The number of hydrogen-bond donors (Lipinski definition) is 2. The highest BCUT2D eigenvalue weighted by Gasteiger charge is 2.60. The van der Waals surface area contributed by atoms with Crippen LogP contribution >= 0.6 is 46.6 Å². The molecule has 2 aliphatic heterocycles. The van der Waals surface area contributed by atoms with Crippen LogP contribution in [0.2, 0.25) is 15.1 Å². The van der Waals surface area contributed by atoms with Gasteiger partial charge in [0, 0.05) is 34.1 Å². The number of amides is 2. The van der Waals surface area contributed by atoms with Crippen molar-refractivity contribution in [2.75, 3.05) is 30.3 Å². The van der Waals surface area contributed by atoms with Crippen molar-refractivity contribution in [1.29, 1.82) is 0 Å². The number of aliphatic carboxylic acids is 1. The Hall–Kier alpha value is -3.15. The van der Waals surface area contributed by atoms with Crippen molar-refractivity contribution < 1.29 is 29.0 Å². The van der Waals surface area contributed by atoms with E-state index in [0.717, 1.165) is 0 Å². The number of carboxylic acid groups (broad SMARTS) is 1. The van der Waals surface area contributed by atoms with Gasteiger partial charge in [-0.2, -0.15) is 0 Å². The zero-order valence-corrected chi connectivity index (χ0v) is 24.4. The molecule has 2 amide bonds. The number of ether oxygens (including phenoxy) is 2. The summed E-state index contributed by atoms with van der Waals surface area (Å²) in [5.41, 5.74) is 4.77. The molecule has 2 fully saturated rings. The number of para-hydroxylation sites is 1. The van der Waals surface area contributed by atoms with E-state index in [4.69, 9.17) is 50.0 Å². The molecular weight excluding hydrogens is 613 g/mol. The lowest BCUT2D eigenvalue weighted by Crippen LogP contribution is -2.75. The zero-order valence-electron chi connectivity index (χ0n) is 21.3. The van der Waals surface area contributed by atoms with Crippen LogP contribution in [0.25, 0.3) is 0 Å². The van der Waals surface area contributed by atoms with Crippen LogP contribution in [0.1, 0.15) is 0 Å². The zero-order chi connectivity index (χ0) is 29.3. The Morgan fingerprint density at radius 2 is 1.71 bits per heavy atom. The van der Waals surface area contributed by atoms with Crippen LogP contribution in [0.15, 0.2) is 66.7 Å². The summed E-state index contributed by atoms with van der Waals surface area (Å²) in [5, 5.41) is 10.9. The second kappa shape index (κ2) is 12.0. The number of rotatable bonds is 9. The van der Waals surface area contributed by atoms with Gasteiger partial charge in [0.05, 0.1) is 11.6 Å². The topological polar surface area (TPSA) is 122 Å². The lowest BCUT2D eigenvalue weighted by Gasteiger charge is -2.56. The standard InChI is InChI=1S/C28H24Cl3N3O6S/c29-16-6-8-20(19(31)10-16)40-21-9-7-17(30)11-22(21)39-14-28(27(37)38)13-33-25(36)24(26(33)41-15-28)34(23(35)12-32)18-4-2-1-3-5-18/h1-11,24,26H,12-15,32H2,(H,37,38)/t24?,26-,28?/m1/s1. The number of nitrogens with zero attached hydrogens (tertiary/aromatic N) is 2. The highest BCUT2D eigenvalue weighted by Crippen LogP contribution is 2.46. The van der Waals surface area contributed by atoms with Gasteiger partial charge in [0.15, 0.2) is 11.5 Å². The van der Waals surface area contributed by atoms with Gasteiger partial charge in [-0.15, -0.1) is 11.8 Å². The van der Waals surface area contributed by atoms with Crippen molar-refractivity contribution in [2.24, 2.45) is 11.1 Å². The van der Waals surface area contributed by atoms with Gasteiger partial charge in [0.1, 0.15) is 29.2 Å². The fourth-order valence-electron chi connectivity index (χ4n) is 4.71. The molecule has 2 aliphatic rings. The number of fused-ring (bicyclic) bond motifs is 1. The van der Waals surface area contributed by atoms with E-state index in [0.29, 0.717) is 21.5 Å². The maximum Gasteiger partial charge on any atom is 0.315 e. The van der Waals surface area contributed by atoms with Gasteiger partial charge in [0.25, 0.3) is 0 Å². The highest BCUT2D eigenvalue weighted by molar-refractivity contribution is 8.00. The molecule has 41 heavy (non-hydrogen) atoms. The number of carboxylic acids is 1. The number of thioether (sulfide) groups is 1. The van der Waals surface area contributed by atoms with Gasteiger partial charge in [-0.05, 0) is 42.5 Å². The summed E-state index contributed by atoms with van der Waals surface area (Å²) < 4.78 is 11.9. The number of halogens is 3. The second-order valence-corrected chi connectivity index (χ2v) is 11.9. The van der Waals surface area contributed by atoms with E-state index in [1.165, 1.54) is 33.7 Å². The van der Waals surface area contributed by atoms with Crippen LogP contribution < -0.4 is 20.1 Å². The Morgan fingerprint density at radius 3 is 2.37 bits per heavy atom. The molecule has 3 atom stereocenters. The largest absolute Gasteiger partial charge is 0.488 e. The predicted octanol–water partition coefficient (Wildman–Crippen LogP) is 5.16. The predicted molar refractivity (Wildman–Crippen MR) is 158 cm³/mol. The number of β-lactam (4-membered cyclic amide) rings is 1. The summed E-state index contributed by atoms with van der Waals surface area (Å²) in [6.45, 7) is -0.644. The average molecular weight is 637 g/mol. The molecular formula is C28H24Cl3N3O6S. The molecule has 3 aromatic rings. The lowest BCUT2D eigenvalue weighted by atomic mass is 9.87. The molecule has 2 heterocycles. The van der Waals surface area contributed by atoms with Gasteiger partial charge in [-0.25, -0.2) is 0 Å². The van der Waals surface area contributed by atoms with Crippen LogP contribution in [-0.4, -0.2) is 64.7 Å². The summed E-state index contributed by atoms with van der Waals surface area (Å²) in [5.74, 6) is -0.966. The van der Waals surface area contributed by atoms with Crippen molar-refractivity contribution in [2.45, 2.75) is 11.4 Å². The monoisotopic (exact) mass is 635 g/mol. The molecule has 2 unspecified atom stereocenters. The molecule has 0 spiro atoms. The number of hydrogen-bond acceptors (Lipinski definition) is 7. The summed E-state index contributed by atoms with van der Waals surface area (Å²) in [6, 6.07) is 17.4. The first-order valence-electron chi connectivity index (χ1n) is 12.4. The van der Waals surface area contributed by atoms with Crippen molar-refractivity contribution in [3.05, 3.63) is 81.8 Å². The van der Waals surface area contributed by atoms with Crippen LogP contribution in [-0.2, 0) is 14.4 Å². The highest BCUT2D eigenvalue weighted by atomic mass is 35.5. The van der Waals surface area contributed by atoms with Crippen LogP contribution in [0, 0.1) is 5.41 Å². The minimum Gasteiger partial charge on any atom is -0.488 e. The number of nitrogens with two attached hydrogens (primary N) is 1. The molecule has 0 bridgehead atoms. The van der Waals surface area contributed by atoms with Gasteiger partial charge in [0.2, 0.25) is 11.8 Å². The Labute approximate surface area is 255 Å². The van der Waals surface area contributed by atoms with Crippen molar-refractivity contribution in [3.63, 3.8) is 0 Å². The Bertz CT molecular complexity index is 1500. The summed E-state index contributed by atoms with van der Waals surface area (Å²) in [6.07, 6.45) is 0. The lowest BCUT2D eigenvalue weighted by molar-refractivity contribution is -0.159. The summed E-state index contributed by atoms with van der Waals surface area (Å²) in [4.78, 5) is 41.6. The smallest absolute Gasteiger partial charge is 0.315 e. The number of benzene rings is 3. The van der Waals surface area contributed by atoms with E-state index in [2.05, 4.69) is 0 Å². The van der Waals surface area contributed by atoms with Crippen LogP contribution in [0.4, 0.5) is 5.69 Å². The molecule has 2 saturated heterocycles. The molecule has 9 nitrogen and oxygen atoms in total. The molecule has 0 aliphatic carbocycles. The molecule has 0 radical (unpaired) electrons. The summed E-state index contributed by atoms with van der Waals surface area (Å²) >= 11 is 19.7. The van der Waals surface area contributed by atoms with E-state index < -0.39 is 28.7 Å². The Morgan fingerprint density at radius 1 is 1.02 bits per heavy atom. The van der Waals surface area contributed by atoms with Crippen molar-refractivity contribution in [3.8, 4) is 17.2 Å². The first kappa shape index (κ1) is 29.3. The third-order valence-corrected chi connectivity index (χ3v) is 9.19.